The van der Waals surface area contributed by atoms with E-state index in [1.54, 1.807) is 24.8 Å². The monoisotopic (exact) mass is 816 g/mol. The number of benzene rings is 4. The van der Waals surface area contributed by atoms with Crippen molar-refractivity contribution in [2.45, 2.75) is 110 Å². The van der Waals surface area contributed by atoms with Crippen LogP contribution in [0.2, 0.25) is 0 Å². The molecule has 0 spiro atoms. The summed E-state index contributed by atoms with van der Waals surface area (Å²) in [5, 5.41) is 0. The molecule has 0 atom stereocenters. The first kappa shape index (κ1) is 41.7. The summed E-state index contributed by atoms with van der Waals surface area (Å²) in [4.78, 5) is 0. The topological polar surface area (TPSA) is 0 Å². The Balaban J connectivity index is 0.000000154. The van der Waals surface area contributed by atoms with E-state index in [2.05, 4.69) is 164 Å². The molecule has 53 heavy (non-hydrogen) atoms. The van der Waals surface area contributed by atoms with Gasteiger partial charge in [-0.2, -0.15) is 52.6 Å². The summed E-state index contributed by atoms with van der Waals surface area (Å²) >= 11 is 1.46. The van der Waals surface area contributed by atoms with Crippen molar-refractivity contribution in [2.24, 2.45) is 17.8 Å². The Labute approximate surface area is 348 Å². The molecule has 0 radical (unpaired) electrons. The van der Waals surface area contributed by atoms with Gasteiger partial charge in [-0.1, -0.05) is 108 Å². The van der Waals surface area contributed by atoms with Crippen LogP contribution in [0.4, 0.5) is 0 Å². The minimum atomic E-state index is 0. The number of hydrogen-bond donors (Lipinski definition) is 0. The van der Waals surface area contributed by atoms with Crippen LogP contribution >= 0.6 is 0 Å². The summed E-state index contributed by atoms with van der Waals surface area (Å²) in [6.07, 6.45) is 10.2. The molecule has 0 N–H and O–H groups in total. The van der Waals surface area contributed by atoms with Crippen LogP contribution in [0.5, 0.6) is 0 Å². The molecular formula is C50H56Cl2Zr-2. The molecule has 0 amide bonds. The van der Waals surface area contributed by atoms with E-state index in [4.69, 9.17) is 0 Å². The van der Waals surface area contributed by atoms with Crippen LogP contribution < -0.4 is 24.8 Å². The van der Waals surface area contributed by atoms with Gasteiger partial charge in [-0.05, 0) is 54.4 Å². The van der Waals surface area contributed by atoms with Gasteiger partial charge in [-0.25, -0.2) is 6.07 Å². The molecule has 0 aliphatic heterocycles. The number of fused-ring (bicyclic) bond motifs is 3. The van der Waals surface area contributed by atoms with Gasteiger partial charge >= 0.3 is 99.2 Å². The third kappa shape index (κ3) is 9.34. The molecule has 0 nitrogen and oxygen atoms in total. The van der Waals surface area contributed by atoms with Crippen molar-refractivity contribution in [3.05, 3.63) is 160 Å². The molecule has 0 aromatic heterocycles. The van der Waals surface area contributed by atoms with Crippen molar-refractivity contribution in [3.8, 4) is 11.1 Å². The van der Waals surface area contributed by atoms with Crippen LogP contribution in [0.3, 0.4) is 0 Å². The number of aryl methyl sites for hydroxylation is 1. The molecule has 0 unspecified atom stereocenters. The zero-order valence-electron chi connectivity index (χ0n) is 32.8. The van der Waals surface area contributed by atoms with Crippen LogP contribution in [0, 0.1) is 30.7 Å². The Morgan fingerprint density at radius 1 is 0.679 bits per heavy atom. The summed E-state index contributed by atoms with van der Waals surface area (Å²) in [5.74, 6) is 3.21. The van der Waals surface area contributed by atoms with E-state index in [9.17, 15) is 0 Å². The summed E-state index contributed by atoms with van der Waals surface area (Å²) in [5.41, 5.74) is 15.2. The fourth-order valence-corrected chi connectivity index (χ4v) is 10.5. The Kier molecular flexibility index (Phi) is 13.2. The Morgan fingerprint density at radius 2 is 1.19 bits per heavy atom. The molecule has 4 bridgehead atoms. The standard InChI is InChI=1S/C21H25.C16H21.C13H10.2ClH.Zr/c1-20(2,3)16-9-7-14-11-15-8-10-17(21(4,5)6)13-19(15)18(14)12-16;1-11-2-3-15(4-11)16-8-12-5-13(9-16)7-14(6-12)10-16;1-3-7-12(8-4-1)11-13-9-5-2-6-10-13;;;/h7,9-10,12-13H,11H2,1-6H3;2-4,12-14H,5-10H2,1H3;1-10H;2*1H;/q2*-1;;;;+2/p-2. The van der Waals surface area contributed by atoms with E-state index in [-0.39, 0.29) is 35.6 Å². The molecule has 276 valence electrons. The van der Waals surface area contributed by atoms with Crippen LogP contribution in [-0.4, -0.2) is 3.21 Å². The Hall–Kier alpha value is -2.44. The van der Waals surface area contributed by atoms with Gasteiger partial charge in [-0.3, -0.25) is 0 Å². The van der Waals surface area contributed by atoms with E-state index in [1.165, 1.54) is 96.8 Å². The number of rotatable bonds is 3. The molecule has 0 saturated heterocycles. The molecule has 4 saturated carbocycles. The van der Waals surface area contributed by atoms with Crippen LogP contribution in [0.25, 0.3) is 11.1 Å². The van der Waals surface area contributed by atoms with E-state index < -0.39 is 0 Å². The van der Waals surface area contributed by atoms with Crippen molar-refractivity contribution in [3.63, 3.8) is 0 Å². The summed E-state index contributed by atoms with van der Waals surface area (Å²) < 4.78 is 1.42. The van der Waals surface area contributed by atoms with Crippen molar-refractivity contribution in [2.75, 3.05) is 0 Å². The normalized spacial score (nSPS) is 21.8. The molecule has 4 fully saturated rings. The van der Waals surface area contributed by atoms with Crippen molar-refractivity contribution in [1.29, 1.82) is 0 Å². The molecule has 5 aromatic carbocycles. The van der Waals surface area contributed by atoms with E-state index in [0.29, 0.717) is 5.41 Å². The van der Waals surface area contributed by atoms with Gasteiger partial charge in [0, 0.05) is 0 Å². The molecule has 10 rings (SSSR count). The van der Waals surface area contributed by atoms with E-state index >= 15 is 0 Å². The predicted octanol–water partition coefficient (Wildman–Crippen LogP) is 6.64. The third-order valence-corrected chi connectivity index (χ3v) is 13.6. The third-order valence-electron chi connectivity index (χ3n) is 12.2. The maximum absolute atomic E-state index is 3.53. The van der Waals surface area contributed by atoms with Crippen LogP contribution in [0.15, 0.2) is 109 Å². The second-order valence-electron chi connectivity index (χ2n) is 18.3. The number of halogens is 2. The van der Waals surface area contributed by atoms with Gasteiger partial charge in [-0.15, -0.1) is 5.56 Å². The first-order chi connectivity index (χ1) is 24.3. The summed E-state index contributed by atoms with van der Waals surface area (Å²) in [6, 6.07) is 43.4. The molecular weight excluding hydrogens is 763 g/mol. The van der Waals surface area contributed by atoms with Crippen molar-refractivity contribution < 1.29 is 49.0 Å². The van der Waals surface area contributed by atoms with E-state index in [0.717, 1.165) is 24.2 Å². The molecule has 5 aliphatic rings. The zero-order valence-corrected chi connectivity index (χ0v) is 36.8. The van der Waals surface area contributed by atoms with Gasteiger partial charge in [0.05, 0.1) is 0 Å². The predicted molar refractivity (Wildman–Crippen MR) is 214 cm³/mol. The summed E-state index contributed by atoms with van der Waals surface area (Å²) in [7, 11) is 0. The minimum absolute atomic E-state index is 0. The number of hydrogen-bond acceptors (Lipinski definition) is 0. The first-order valence-electron chi connectivity index (χ1n) is 19.4. The molecule has 5 aliphatic carbocycles. The van der Waals surface area contributed by atoms with Gasteiger partial charge in [0.25, 0.3) is 0 Å². The van der Waals surface area contributed by atoms with E-state index in [1.807, 2.05) is 0 Å². The van der Waals surface area contributed by atoms with Crippen molar-refractivity contribution in [1.82, 2.24) is 0 Å². The van der Waals surface area contributed by atoms with Gasteiger partial charge in [0.1, 0.15) is 0 Å². The van der Waals surface area contributed by atoms with Crippen LogP contribution in [0.1, 0.15) is 125 Å². The fraction of sp³-hybridized carbons (Fsp3) is 0.400. The van der Waals surface area contributed by atoms with Gasteiger partial charge in [0.2, 0.25) is 0 Å². The molecule has 0 heterocycles. The fourth-order valence-electron chi connectivity index (χ4n) is 9.72. The SMILES string of the molecule is CC(C)(C)c1c[c-]c2c(c1)-c1cc(C(C)(C)C)ccc1C2.Cc1cc(C23CC4CC(CC(C4)C2)C3)c[cH-]1.[Cl-].[Cl-].[Zr+2]=[C](c1ccccc1)c1ccccc1. The van der Waals surface area contributed by atoms with Crippen molar-refractivity contribution >= 4 is 3.21 Å². The van der Waals surface area contributed by atoms with Crippen LogP contribution in [-0.2, 0) is 46.9 Å². The average Bonchev–Trinajstić information content (AvgIpc) is 3.71. The quantitative estimate of drug-likeness (QED) is 0.176. The van der Waals surface area contributed by atoms with Gasteiger partial charge < -0.3 is 24.8 Å². The second kappa shape index (κ2) is 16.7. The maximum atomic E-state index is 3.53. The Morgan fingerprint density at radius 3 is 1.66 bits per heavy atom. The molecule has 3 heteroatoms. The molecule has 5 aromatic rings. The van der Waals surface area contributed by atoms with Gasteiger partial charge in [0.15, 0.2) is 0 Å². The zero-order chi connectivity index (χ0) is 36.0. The second-order valence-corrected chi connectivity index (χ2v) is 19.5. The Bertz CT molecular complexity index is 1850. The summed E-state index contributed by atoms with van der Waals surface area (Å²) in [6.45, 7) is 15.9. The average molecular weight is 819 g/mol. The first-order valence-corrected chi connectivity index (χ1v) is 20.6.